The molecular weight excluding hydrogens is 399 g/mol. The number of anilines is 1. The molecule has 3 rings (SSSR count). The first-order valence-electron chi connectivity index (χ1n) is 8.58. The Bertz CT molecular complexity index is 1070. The fourth-order valence-electron chi connectivity index (χ4n) is 2.56. The van der Waals surface area contributed by atoms with Gasteiger partial charge in [0.2, 0.25) is 5.91 Å². The van der Waals surface area contributed by atoms with Crippen molar-refractivity contribution in [2.45, 2.75) is 24.7 Å². The molecule has 0 saturated carbocycles. The van der Waals surface area contributed by atoms with Crippen LogP contribution in [0.3, 0.4) is 0 Å². The molecule has 0 radical (unpaired) electrons. The molecule has 1 N–H and O–H groups in total. The molecule has 0 atom stereocenters. The van der Waals surface area contributed by atoms with E-state index in [2.05, 4.69) is 24.1 Å². The normalized spacial score (nSPS) is 11.6. The topological polar surface area (TPSA) is 76.1 Å². The molecule has 3 aromatic rings. The molecule has 2 aromatic carbocycles. The van der Waals surface area contributed by atoms with Gasteiger partial charge in [-0.05, 0) is 35.7 Å². The molecule has 0 saturated heterocycles. The molecule has 0 unspecified atom stereocenters. The number of hydrogen-bond acceptors (Lipinski definition) is 5. The second-order valence-electron chi connectivity index (χ2n) is 6.58. The highest BCUT2D eigenvalue weighted by Gasteiger charge is 2.20. The Morgan fingerprint density at radius 1 is 1.11 bits per heavy atom. The van der Waals surface area contributed by atoms with Gasteiger partial charge in [0.05, 0.1) is 10.6 Å². The van der Waals surface area contributed by atoms with Gasteiger partial charge in [-0.15, -0.1) is 11.3 Å². The fourth-order valence-corrected chi connectivity index (χ4v) is 4.43. The predicted molar refractivity (Wildman–Crippen MR) is 109 cm³/mol. The van der Waals surface area contributed by atoms with Crippen LogP contribution in [0.25, 0.3) is 11.3 Å². The summed E-state index contributed by atoms with van der Waals surface area (Å²) in [6.07, 6.45) is 0. The molecule has 0 aliphatic heterocycles. The molecule has 5 nitrogen and oxygen atoms in total. The number of benzene rings is 2. The van der Waals surface area contributed by atoms with Gasteiger partial charge in [0.1, 0.15) is 11.6 Å². The van der Waals surface area contributed by atoms with Gasteiger partial charge >= 0.3 is 0 Å². The van der Waals surface area contributed by atoms with Crippen LogP contribution in [0.4, 0.5) is 9.52 Å². The van der Waals surface area contributed by atoms with Crippen molar-refractivity contribution < 1.29 is 17.6 Å². The number of aromatic nitrogens is 1. The van der Waals surface area contributed by atoms with Crippen LogP contribution in [0, 0.1) is 5.82 Å². The molecule has 146 valence electrons. The van der Waals surface area contributed by atoms with Gasteiger partial charge in [0, 0.05) is 10.9 Å². The molecule has 0 aliphatic rings. The van der Waals surface area contributed by atoms with E-state index in [1.165, 1.54) is 16.9 Å². The van der Waals surface area contributed by atoms with Gasteiger partial charge < -0.3 is 5.32 Å². The molecule has 0 fully saturated rings. The Morgan fingerprint density at radius 2 is 1.75 bits per heavy atom. The van der Waals surface area contributed by atoms with E-state index < -0.39 is 27.3 Å². The van der Waals surface area contributed by atoms with E-state index >= 15 is 0 Å². The van der Waals surface area contributed by atoms with E-state index in [1.807, 2.05) is 24.3 Å². The minimum Gasteiger partial charge on any atom is -0.301 e. The van der Waals surface area contributed by atoms with E-state index in [9.17, 15) is 17.6 Å². The number of thiazole rings is 1. The van der Waals surface area contributed by atoms with Crippen molar-refractivity contribution in [3.63, 3.8) is 0 Å². The standard InChI is InChI=1S/C20H19FN2O3S2/c1-13(2)14-3-5-15(6-4-14)18-11-27-20(22-18)23-19(24)12-28(25,26)17-9-7-16(21)8-10-17/h3-11,13H,12H2,1-2H3,(H,22,23,24). The van der Waals surface area contributed by atoms with E-state index in [-0.39, 0.29) is 4.90 Å². The number of sulfone groups is 1. The van der Waals surface area contributed by atoms with Crippen LogP contribution in [-0.4, -0.2) is 25.1 Å². The maximum Gasteiger partial charge on any atom is 0.241 e. The highest BCUT2D eigenvalue weighted by atomic mass is 32.2. The van der Waals surface area contributed by atoms with Gasteiger partial charge in [-0.25, -0.2) is 17.8 Å². The first kappa shape index (κ1) is 20.2. The maximum atomic E-state index is 12.9. The van der Waals surface area contributed by atoms with Crippen LogP contribution in [0.5, 0.6) is 0 Å². The average molecular weight is 419 g/mol. The summed E-state index contributed by atoms with van der Waals surface area (Å²) < 4.78 is 37.5. The lowest BCUT2D eigenvalue weighted by Gasteiger charge is -2.05. The Balaban J connectivity index is 1.67. The van der Waals surface area contributed by atoms with Gasteiger partial charge in [-0.2, -0.15) is 0 Å². The Labute approximate surface area is 167 Å². The smallest absolute Gasteiger partial charge is 0.241 e. The summed E-state index contributed by atoms with van der Waals surface area (Å²) in [5, 5.41) is 4.64. The summed E-state index contributed by atoms with van der Waals surface area (Å²) in [6, 6.07) is 12.4. The summed E-state index contributed by atoms with van der Waals surface area (Å²) in [5.41, 5.74) is 2.84. The Morgan fingerprint density at radius 3 is 2.36 bits per heavy atom. The average Bonchev–Trinajstić information content (AvgIpc) is 3.10. The predicted octanol–water partition coefficient (Wildman–Crippen LogP) is 4.49. The Hall–Kier alpha value is -2.58. The number of carbonyl (C=O) groups excluding carboxylic acids is 1. The second-order valence-corrected chi connectivity index (χ2v) is 9.42. The summed E-state index contributed by atoms with van der Waals surface area (Å²) in [7, 11) is -3.86. The van der Waals surface area contributed by atoms with Gasteiger partial charge in [0.25, 0.3) is 0 Å². The van der Waals surface area contributed by atoms with Crippen LogP contribution >= 0.6 is 11.3 Å². The molecule has 1 aromatic heterocycles. The van der Waals surface area contributed by atoms with Gasteiger partial charge in [-0.3, -0.25) is 4.79 Å². The van der Waals surface area contributed by atoms with Crippen LogP contribution in [-0.2, 0) is 14.6 Å². The summed E-state index contributed by atoms with van der Waals surface area (Å²) >= 11 is 1.22. The molecular formula is C20H19FN2O3S2. The third-order valence-electron chi connectivity index (χ3n) is 4.12. The summed E-state index contributed by atoms with van der Waals surface area (Å²) in [5.74, 6) is -1.54. The zero-order valence-electron chi connectivity index (χ0n) is 15.3. The van der Waals surface area contributed by atoms with E-state index in [1.54, 1.807) is 5.38 Å². The minimum atomic E-state index is -3.86. The molecule has 0 spiro atoms. The number of hydrogen-bond donors (Lipinski definition) is 1. The third-order valence-corrected chi connectivity index (χ3v) is 6.51. The van der Waals surface area contributed by atoms with E-state index in [4.69, 9.17) is 0 Å². The molecule has 28 heavy (non-hydrogen) atoms. The monoisotopic (exact) mass is 418 g/mol. The number of nitrogens with zero attached hydrogens (tertiary/aromatic N) is 1. The van der Waals surface area contributed by atoms with Crippen LogP contribution in [0.1, 0.15) is 25.3 Å². The van der Waals surface area contributed by atoms with Crippen molar-refractivity contribution in [2.24, 2.45) is 0 Å². The molecule has 0 bridgehead atoms. The number of amides is 1. The van der Waals surface area contributed by atoms with Crippen molar-refractivity contribution >= 4 is 32.2 Å². The molecule has 0 aliphatic carbocycles. The quantitative estimate of drug-likeness (QED) is 0.599. The van der Waals surface area contributed by atoms with Gasteiger partial charge in [0.15, 0.2) is 15.0 Å². The lowest BCUT2D eigenvalue weighted by atomic mass is 10.0. The minimum absolute atomic E-state index is 0.103. The first-order valence-corrected chi connectivity index (χ1v) is 11.1. The third kappa shape index (κ3) is 4.82. The Kier molecular flexibility index (Phi) is 5.90. The highest BCUT2D eigenvalue weighted by molar-refractivity contribution is 7.92. The van der Waals surface area contributed by atoms with Crippen LogP contribution in [0.2, 0.25) is 0 Å². The molecule has 1 heterocycles. The lowest BCUT2D eigenvalue weighted by molar-refractivity contribution is -0.113. The lowest BCUT2D eigenvalue weighted by Crippen LogP contribution is -2.23. The maximum absolute atomic E-state index is 12.9. The highest BCUT2D eigenvalue weighted by Crippen LogP contribution is 2.26. The molecule has 8 heteroatoms. The zero-order valence-corrected chi connectivity index (χ0v) is 17.0. The van der Waals surface area contributed by atoms with Crippen molar-refractivity contribution in [1.29, 1.82) is 0 Å². The zero-order chi connectivity index (χ0) is 20.3. The van der Waals surface area contributed by atoms with Crippen LogP contribution in [0.15, 0.2) is 58.8 Å². The first-order chi connectivity index (χ1) is 13.2. The van der Waals surface area contributed by atoms with E-state index in [0.717, 1.165) is 29.8 Å². The number of nitrogens with one attached hydrogen (secondary N) is 1. The van der Waals surface area contributed by atoms with Gasteiger partial charge in [-0.1, -0.05) is 38.1 Å². The second kappa shape index (κ2) is 8.20. The largest absolute Gasteiger partial charge is 0.301 e. The fraction of sp³-hybridized carbons (Fsp3) is 0.200. The SMILES string of the molecule is CC(C)c1ccc(-c2csc(NC(=O)CS(=O)(=O)c3ccc(F)cc3)n2)cc1. The van der Waals surface area contributed by atoms with Crippen molar-refractivity contribution in [3.05, 3.63) is 65.3 Å². The van der Waals surface area contributed by atoms with Crippen molar-refractivity contribution in [2.75, 3.05) is 11.1 Å². The number of rotatable bonds is 6. The summed E-state index contributed by atoms with van der Waals surface area (Å²) in [4.78, 5) is 16.4. The molecule has 1 amide bonds. The van der Waals surface area contributed by atoms with Crippen molar-refractivity contribution in [1.82, 2.24) is 4.98 Å². The van der Waals surface area contributed by atoms with E-state index in [0.29, 0.717) is 16.7 Å². The summed E-state index contributed by atoms with van der Waals surface area (Å²) in [6.45, 7) is 4.23. The number of halogens is 1. The van der Waals surface area contributed by atoms with Crippen LogP contribution < -0.4 is 5.32 Å². The van der Waals surface area contributed by atoms with Crippen molar-refractivity contribution in [3.8, 4) is 11.3 Å². The number of carbonyl (C=O) groups is 1.